The first-order valence-electron chi connectivity index (χ1n) is 4.80. The maximum atomic E-state index is 4.52. The Kier molecular flexibility index (Phi) is 1.62. The Hall–Kier alpha value is -2.10. The molecule has 0 spiro atoms. The lowest BCUT2D eigenvalue weighted by atomic mass is 10.3. The third-order valence-electron chi connectivity index (χ3n) is 2.42. The largest absolute Gasteiger partial charge is 0.346 e. The zero-order chi connectivity index (χ0) is 10.3. The first-order valence-corrected chi connectivity index (χ1v) is 4.80. The fraction of sp³-hybridized carbons (Fsp3) is 0.0909. The zero-order valence-corrected chi connectivity index (χ0v) is 8.12. The number of imidazole rings is 1. The molecule has 3 aromatic rings. The van der Waals surface area contributed by atoms with Crippen molar-refractivity contribution in [3.8, 4) is 0 Å². The van der Waals surface area contributed by atoms with Crippen LogP contribution in [-0.4, -0.2) is 19.9 Å². The van der Waals surface area contributed by atoms with Crippen LogP contribution in [0.2, 0.25) is 0 Å². The molecule has 0 radical (unpaired) electrons. The second kappa shape index (κ2) is 2.95. The summed E-state index contributed by atoms with van der Waals surface area (Å²) in [6, 6.07) is 1.99. The van der Waals surface area contributed by atoms with Gasteiger partial charge in [-0.15, -0.1) is 6.58 Å². The average molecular weight is 198 g/mol. The van der Waals surface area contributed by atoms with Crippen molar-refractivity contribution in [1.82, 2.24) is 19.9 Å². The van der Waals surface area contributed by atoms with Crippen molar-refractivity contribution in [1.29, 1.82) is 0 Å². The fourth-order valence-corrected chi connectivity index (χ4v) is 1.76. The smallest absolute Gasteiger partial charge is 0.139 e. The van der Waals surface area contributed by atoms with Crippen LogP contribution in [0.15, 0.2) is 31.1 Å². The van der Waals surface area contributed by atoms with Crippen LogP contribution >= 0.6 is 0 Å². The molecule has 2 N–H and O–H groups in total. The summed E-state index contributed by atoms with van der Waals surface area (Å²) in [5, 5.41) is 1.05. The Bertz CT molecular complexity index is 632. The van der Waals surface area contributed by atoms with Gasteiger partial charge < -0.3 is 9.97 Å². The van der Waals surface area contributed by atoms with Crippen molar-refractivity contribution in [2.75, 3.05) is 0 Å². The van der Waals surface area contributed by atoms with Gasteiger partial charge in [-0.25, -0.2) is 9.97 Å². The molecule has 0 amide bonds. The topological polar surface area (TPSA) is 57.4 Å². The minimum Gasteiger partial charge on any atom is -0.346 e. The Balaban J connectivity index is 2.36. The number of hydrogen-bond donors (Lipinski definition) is 2. The SMILES string of the molecule is C=CCc1nc2c(cnc3[nH]ccc32)[nH]1. The molecule has 3 rings (SSSR count). The number of H-pyrrole nitrogens is 2. The molecule has 0 saturated heterocycles. The molecule has 0 aliphatic carbocycles. The molecular weight excluding hydrogens is 188 g/mol. The number of fused-ring (bicyclic) bond motifs is 3. The number of rotatable bonds is 2. The van der Waals surface area contributed by atoms with Gasteiger partial charge in [-0.3, -0.25) is 0 Å². The standard InChI is InChI=1S/C11H10N4/c1-2-3-9-14-8-6-13-11-7(4-5-12-11)10(8)15-9/h2,4-6H,1,3H2,(H,12,13)(H,14,15). The first-order chi connectivity index (χ1) is 7.38. The lowest BCUT2D eigenvalue weighted by molar-refractivity contribution is 1.07. The van der Waals surface area contributed by atoms with Gasteiger partial charge in [0.05, 0.1) is 11.7 Å². The predicted molar refractivity (Wildman–Crippen MR) is 59.6 cm³/mol. The normalized spacial score (nSPS) is 11.2. The van der Waals surface area contributed by atoms with Crippen molar-refractivity contribution in [3.63, 3.8) is 0 Å². The van der Waals surface area contributed by atoms with Crippen molar-refractivity contribution >= 4 is 22.1 Å². The van der Waals surface area contributed by atoms with Crippen LogP contribution in [0.4, 0.5) is 0 Å². The van der Waals surface area contributed by atoms with E-state index in [-0.39, 0.29) is 0 Å². The van der Waals surface area contributed by atoms with E-state index in [2.05, 4.69) is 26.5 Å². The highest BCUT2D eigenvalue weighted by molar-refractivity contribution is 6.00. The first kappa shape index (κ1) is 8.23. The van der Waals surface area contributed by atoms with E-state index in [1.807, 2.05) is 18.3 Å². The zero-order valence-electron chi connectivity index (χ0n) is 8.12. The summed E-state index contributed by atoms with van der Waals surface area (Å²) < 4.78 is 0. The van der Waals surface area contributed by atoms with Crippen molar-refractivity contribution in [2.45, 2.75) is 6.42 Å². The van der Waals surface area contributed by atoms with E-state index in [9.17, 15) is 0 Å². The monoisotopic (exact) mass is 198 g/mol. The van der Waals surface area contributed by atoms with Gasteiger partial charge in [0, 0.05) is 18.0 Å². The van der Waals surface area contributed by atoms with Crippen molar-refractivity contribution in [2.24, 2.45) is 0 Å². The number of pyridine rings is 1. The van der Waals surface area contributed by atoms with Gasteiger partial charge in [0.2, 0.25) is 0 Å². The summed E-state index contributed by atoms with van der Waals surface area (Å²) in [5.74, 6) is 0.926. The van der Waals surface area contributed by atoms with Gasteiger partial charge >= 0.3 is 0 Å². The van der Waals surface area contributed by atoms with Gasteiger partial charge in [-0.1, -0.05) is 6.08 Å². The number of aromatic amines is 2. The van der Waals surface area contributed by atoms with E-state index in [1.165, 1.54) is 0 Å². The Morgan fingerprint density at radius 2 is 2.40 bits per heavy atom. The number of allylic oxidation sites excluding steroid dienone is 1. The van der Waals surface area contributed by atoms with Crippen LogP contribution < -0.4 is 0 Å². The van der Waals surface area contributed by atoms with Crippen molar-refractivity contribution in [3.05, 3.63) is 36.9 Å². The molecule has 0 fully saturated rings. The van der Waals surface area contributed by atoms with Crippen LogP contribution in [-0.2, 0) is 6.42 Å². The van der Waals surface area contributed by atoms with Crippen LogP contribution in [0.3, 0.4) is 0 Å². The molecule has 3 aromatic heterocycles. The third-order valence-corrected chi connectivity index (χ3v) is 2.42. The molecule has 15 heavy (non-hydrogen) atoms. The highest BCUT2D eigenvalue weighted by atomic mass is 14.9. The van der Waals surface area contributed by atoms with E-state index in [0.717, 1.165) is 34.3 Å². The minimum absolute atomic E-state index is 0.751. The molecule has 0 atom stereocenters. The summed E-state index contributed by atoms with van der Waals surface area (Å²) in [4.78, 5) is 15.1. The van der Waals surface area contributed by atoms with Crippen LogP contribution in [0, 0.1) is 0 Å². The van der Waals surface area contributed by atoms with Gasteiger partial charge in [0.1, 0.15) is 17.0 Å². The summed E-state index contributed by atoms with van der Waals surface area (Å²) in [6.45, 7) is 3.70. The van der Waals surface area contributed by atoms with Gasteiger partial charge in [0.25, 0.3) is 0 Å². The molecular formula is C11H10N4. The second-order valence-corrected chi connectivity index (χ2v) is 3.44. The number of nitrogens with one attached hydrogen (secondary N) is 2. The predicted octanol–water partition coefficient (Wildman–Crippen LogP) is 2.17. The Morgan fingerprint density at radius 1 is 1.47 bits per heavy atom. The molecule has 4 nitrogen and oxygen atoms in total. The maximum Gasteiger partial charge on any atom is 0.139 e. The number of hydrogen-bond acceptors (Lipinski definition) is 2. The fourth-order valence-electron chi connectivity index (χ4n) is 1.76. The molecule has 0 aliphatic rings. The highest BCUT2D eigenvalue weighted by Crippen LogP contribution is 2.20. The summed E-state index contributed by atoms with van der Waals surface area (Å²) >= 11 is 0. The molecule has 0 bridgehead atoms. The molecule has 0 saturated carbocycles. The third kappa shape index (κ3) is 1.15. The molecule has 0 aliphatic heterocycles. The molecule has 74 valence electrons. The number of aromatic nitrogens is 4. The quantitative estimate of drug-likeness (QED) is 0.620. The van der Waals surface area contributed by atoms with Gasteiger partial charge in [0.15, 0.2) is 0 Å². The summed E-state index contributed by atoms with van der Waals surface area (Å²) in [7, 11) is 0. The highest BCUT2D eigenvalue weighted by Gasteiger charge is 2.06. The van der Waals surface area contributed by atoms with Crippen molar-refractivity contribution < 1.29 is 0 Å². The van der Waals surface area contributed by atoms with E-state index in [1.54, 1.807) is 6.20 Å². The lowest BCUT2D eigenvalue weighted by Gasteiger charge is -1.88. The van der Waals surface area contributed by atoms with Gasteiger partial charge in [-0.05, 0) is 6.07 Å². The molecule has 4 heteroatoms. The summed E-state index contributed by atoms with van der Waals surface area (Å²) in [5.41, 5.74) is 2.82. The second-order valence-electron chi connectivity index (χ2n) is 3.44. The average Bonchev–Trinajstić information content (AvgIpc) is 2.80. The minimum atomic E-state index is 0.751. The van der Waals surface area contributed by atoms with E-state index in [4.69, 9.17) is 0 Å². The van der Waals surface area contributed by atoms with Gasteiger partial charge in [-0.2, -0.15) is 0 Å². The molecule has 0 unspecified atom stereocenters. The molecule has 3 heterocycles. The molecule has 0 aromatic carbocycles. The van der Waals surface area contributed by atoms with Crippen LogP contribution in [0.1, 0.15) is 5.82 Å². The van der Waals surface area contributed by atoms with Crippen LogP contribution in [0.25, 0.3) is 22.1 Å². The van der Waals surface area contributed by atoms with Crippen LogP contribution in [0.5, 0.6) is 0 Å². The Morgan fingerprint density at radius 3 is 3.27 bits per heavy atom. The van der Waals surface area contributed by atoms with E-state index in [0.29, 0.717) is 0 Å². The van der Waals surface area contributed by atoms with E-state index >= 15 is 0 Å². The lowest BCUT2D eigenvalue weighted by Crippen LogP contribution is -1.81. The maximum absolute atomic E-state index is 4.52. The summed E-state index contributed by atoms with van der Waals surface area (Å²) in [6.07, 6.45) is 6.26. The van der Waals surface area contributed by atoms with E-state index < -0.39 is 0 Å². The number of nitrogens with zero attached hydrogens (tertiary/aromatic N) is 2. The Labute approximate surface area is 86.1 Å².